The number of carbonyl (C=O) groups excluding carboxylic acids is 2. The molecule has 0 aliphatic rings. The van der Waals surface area contributed by atoms with Crippen LogP contribution in [0.15, 0.2) is 86.0 Å². The molecule has 0 aliphatic carbocycles. The molecule has 59 heavy (non-hydrogen) atoms. The predicted molar refractivity (Wildman–Crippen MR) is 241 cm³/mol. The van der Waals surface area contributed by atoms with Gasteiger partial charge in [0.2, 0.25) is 0 Å². The summed E-state index contributed by atoms with van der Waals surface area (Å²) in [5.41, 5.74) is 1.43. The number of hydrogen-bond acceptors (Lipinski definition) is 3. The molecule has 0 spiro atoms. The third-order valence-corrected chi connectivity index (χ3v) is 38.0. The quantitative estimate of drug-likeness (QED) is 0.0398. The summed E-state index contributed by atoms with van der Waals surface area (Å²) in [5, 5.41) is 0. The Labute approximate surface area is 405 Å². The van der Waals surface area contributed by atoms with E-state index in [0.717, 1.165) is 27.8 Å². The summed E-state index contributed by atoms with van der Waals surface area (Å²) < 4.78 is 23.6. The van der Waals surface area contributed by atoms with E-state index in [4.69, 9.17) is 13.7 Å². The van der Waals surface area contributed by atoms with E-state index in [1.54, 1.807) is 31.2 Å². The molecule has 0 saturated heterocycles. The molecule has 328 valence electrons. The Bertz CT molecular complexity index is 1650. The zero-order valence-electron chi connectivity index (χ0n) is 37.3. The number of nitrogens with zero attached hydrogens (tertiary/aromatic N) is 4. The molecule has 0 fully saturated rings. The van der Waals surface area contributed by atoms with Gasteiger partial charge in [0.05, 0.1) is 0 Å². The molecule has 0 unspecified atom stereocenters. The Morgan fingerprint density at radius 3 is 1.63 bits per heavy atom. The monoisotopic (exact) mass is 1170 g/mol. The number of esters is 1. The van der Waals surface area contributed by atoms with Gasteiger partial charge in [-0.1, -0.05) is 13.0 Å². The van der Waals surface area contributed by atoms with Gasteiger partial charge in [-0.25, -0.2) is 0 Å². The molecule has 0 bridgehead atoms. The van der Waals surface area contributed by atoms with Crippen LogP contribution in [0.5, 0.6) is 0 Å². The van der Waals surface area contributed by atoms with E-state index in [-0.39, 0.29) is 72.0 Å². The molecule has 0 atom stereocenters. The van der Waals surface area contributed by atoms with E-state index in [2.05, 4.69) is 122 Å². The van der Waals surface area contributed by atoms with Crippen molar-refractivity contribution in [3.05, 3.63) is 103 Å². The first-order valence-corrected chi connectivity index (χ1v) is 38.2. The molecule has 0 amide bonds. The number of hydrogen-bond donors (Lipinski definition) is 0. The minimum Gasteiger partial charge on any atom is -1.00 e. The van der Waals surface area contributed by atoms with Crippen LogP contribution in [0.4, 0.5) is 0 Å². The molecule has 0 aliphatic heterocycles. The number of carbonyl (C=O) groups is 2. The standard InChI is InChI=1S/C9H9O2.C8H7O.2C6H10N2.4C4H9.CH4.2BrH.ClH.Li.2Sn/c1-2-11-9(10)8-6-4-3-5-7-8;1-7(9)8-5-3-2-4-6-8;2*1-3-8-5-4-7(2)6-8;4*1-3-4-2;;;;;;;/h3-4,6-7H,2H2,1H3;2-3,5-6H,1H3;2*4-6H,2-3H2,1H3;4*1,3-4H2,2H3;1H4;3*1H;;;/q;-1;2*+1;;;;;;;;;+1;;+1/p-3. The zero-order chi connectivity index (χ0) is 40.5. The fourth-order valence-electron chi connectivity index (χ4n) is 6.88. The van der Waals surface area contributed by atoms with Gasteiger partial charge in [0.1, 0.15) is 5.78 Å². The second-order valence-corrected chi connectivity index (χ2v) is 43.2. The summed E-state index contributed by atoms with van der Waals surface area (Å²) in [6.45, 7) is 19.3. The maximum atomic E-state index is 12.3. The molecule has 0 radical (unpaired) electrons. The van der Waals surface area contributed by atoms with Crippen LogP contribution in [0.1, 0.15) is 135 Å². The summed E-state index contributed by atoms with van der Waals surface area (Å²) in [7, 11) is 7.06. The molecule has 2 aromatic carbocycles. The number of ether oxygens (including phenoxy) is 1. The molecule has 13 heteroatoms. The molecule has 0 saturated carbocycles. The Balaban J connectivity index is -0.000000871. The van der Waals surface area contributed by atoms with Crippen molar-refractivity contribution in [3.63, 3.8) is 0 Å². The minimum absolute atomic E-state index is 0. The second-order valence-electron chi connectivity index (χ2n) is 14.8. The largest absolute Gasteiger partial charge is 1.00 e. The Kier molecular flexibility index (Phi) is 38.1. The molecule has 2 aromatic heterocycles. The number of benzene rings is 2. The number of halogens is 3. The van der Waals surface area contributed by atoms with Crippen LogP contribution in [-0.2, 0) is 26.9 Å². The second kappa shape index (κ2) is 35.9. The Hall–Kier alpha value is -0.555. The number of rotatable bonds is 22. The number of Topliss-reactive ketones (excluding diaryl/α,β-unsaturated/α-hetero) is 1. The van der Waals surface area contributed by atoms with Crippen molar-refractivity contribution >= 4 is 59.9 Å². The number of aryl methyl sites for hydroxylation is 2. The van der Waals surface area contributed by atoms with E-state index >= 15 is 0 Å². The topological polar surface area (TPSA) is 61.0 Å². The van der Waals surface area contributed by atoms with Crippen LogP contribution in [0.25, 0.3) is 0 Å². The van der Waals surface area contributed by atoms with Crippen LogP contribution >= 0.6 is 8.92 Å². The van der Waals surface area contributed by atoms with Gasteiger partial charge in [-0.15, -0.1) is 0 Å². The van der Waals surface area contributed by atoms with E-state index < -0.39 is 35.6 Å². The summed E-state index contributed by atoms with van der Waals surface area (Å²) >= 11 is -5.16. The van der Waals surface area contributed by atoms with Crippen molar-refractivity contribution in [1.82, 2.24) is 9.13 Å². The van der Waals surface area contributed by atoms with Crippen molar-refractivity contribution < 1.29 is 76.3 Å². The number of unbranched alkanes of at least 4 members (excludes halogenated alkanes) is 4. The maximum absolute atomic E-state index is 12.3. The molecule has 4 rings (SSSR count). The molecule has 0 N–H and O–H groups in total. The van der Waals surface area contributed by atoms with Crippen molar-refractivity contribution in [2.24, 2.45) is 0 Å². The van der Waals surface area contributed by atoms with E-state index in [1.165, 1.54) is 72.7 Å². The van der Waals surface area contributed by atoms with Gasteiger partial charge in [-0.3, -0.25) is 0 Å². The molecule has 7 nitrogen and oxygen atoms in total. The van der Waals surface area contributed by atoms with Gasteiger partial charge < -0.3 is 38.8 Å². The molecular weight excluding hydrogens is 1100 g/mol. The first kappa shape index (κ1) is 62.7. The van der Waals surface area contributed by atoms with Gasteiger partial charge in [0.25, 0.3) is 0 Å². The molecule has 4 aromatic rings. The zero-order valence-corrected chi connectivity index (χ0v) is 46.9. The number of imidazole rings is 2. The van der Waals surface area contributed by atoms with Crippen LogP contribution in [0.3, 0.4) is 0 Å². The number of ketones is 1. The smallest absolute Gasteiger partial charge is 1.00 e. The summed E-state index contributed by atoms with van der Waals surface area (Å²) in [6.07, 6.45) is 23.4. The van der Waals surface area contributed by atoms with Gasteiger partial charge >= 0.3 is 314 Å². The van der Waals surface area contributed by atoms with Crippen LogP contribution in [0, 0.1) is 6.07 Å². The van der Waals surface area contributed by atoms with Crippen molar-refractivity contribution in [2.45, 2.75) is 154 Å². The normalized spacial score (nSPS) is 10.5. The summed E-state index contributed by atoms with van der Waals surface area (Å²) in [6, 6.07) is 18.3. The average molecular weight is 1170 g/mol. The first-order valence-electron chi connectivity index (χ1n) is 21.1. The first-order chi connectivity index (χ1) is 26.5. The van der Waals surface area contributed by atoms with Crippen LogP contribution in [0.2, 0.25) is 17.7 Å². The fraction of sp³-hybridized carbons (Fsp3) is 0.565. The summed E-state index contributed by atoms with van der Waals surface area (Å²) in [5.74, 6) is -0.104. The predicted octanol–water partition coefficient (Wildman–Crippen LogP) is 1.92. The average Bonchev–Trinajstić information content (AvgIpc) is 3.87. The third-order valence-electron chi connectivity index (χ3n) is 10.2. The van der Waals surface area contributed by atoms with Crippen molar-refractivity contribution in [2.75, 3.05) is 6.61 Å². The minimum atomic E-state index is -2.75. The molecular formula is C46H76Br2ClLiN4O3Sn2. The van der Waals surface area contributed by atoms with Gasteiger partial charge in [0.15, 0.2) is 0 Å². The Morgan fingerprint density at radius 2 is 1.22 bits per heavy atom. The summed E-state index contributed by atoms with van der Waals surface area (Å²) in [4.78, 5) is 23.0. The van der Waals surface area contributed by atoms with E-state index in [1.807, 2.05) is 13.0 Å². The molecule has 2 heterocycles. The van der Waals surface area contributed by atoms with E-state index in [9.17, 15) is 9.59 Å². The van der Waals surface area contributed by atoms with Crippen LogP contribution < -0.4 is 65.5 Å². The van der Waals surface area contributed by atoms with Crippen LogP contribution in [-0.4, -0.2) is 63.1 Å². The van der Waals surface area contributed by atoms with Crippen molar-refractivity contribution in [1.29, 1.82) is 0 Å². The third kappa shape index (κ3) is 23.6. The van der Waals surface area contributed by atoms with Gasteiger partial charge in [-0.2, -0.15) is 30.3 Å². The maximum Gasteiger partial charge on any atom is 1.00 e. The van der Waals surface area contributed by atoms with Crippen molar-refractivity contribution in [3.8, 4) is 0 Å². The van der Waals surface area contributed by atoms with Gasteiger partial charge in [0, 0.05) is 0 Å². The SMILES string of the molecule is C.CC(=O)c1c[c-]ccc1.CCC[CH2][Sn]([CH2]CCC)([CH2][n+]1ccn(CC)c1)[c]1cccc(C(=O)OCC)c1.CCC[CH2][Sn]([Cl])([CH2]CCC)[CH2][n+]1ccn(CC)c1.[Br-].[Br-].[Li+]. The fourth-order valence-corrected chi connectivity index (χ4v) is 34.0. The van der Waals surface area contributed by atoms with E-state index in [0.29, 0.717) is 12.2 Å². The number of aromatic nitrogens is 4. The van der Waals surface area contributed by atoms with Gasteiger partial charge in [-0.05, 0) is 6.92 Å². The Morgan fingerprint density at radius 1 is 0.729 bits per heavy atom.